The van der Waals surface area contributed by atoms with Crippen LogP contribution in [0.1, 0.15) is 0 Å². The minimum Gasteiger partial charge on any atom is -0.454 e. The van der Waals surface area contributed by atoms with Crippen LogP contribution in [0.2, 0.25) is 0 Å². The maximum absolute atomic E-state index is 12.6. The third-order valence-electron chi connectivity index (χ3n) is 4.00. The average molecular weight is 374 g/mol. The molecule has 2 amide bonds. The van der Waals surface area contributed by atoms with Crippen LogP contribution >= 0.6 is 11.8 Å². The van der Waals surface area contributed by atoms with Gasteiger partial charge in [-0.1, -0.05) is 0 Å². The van der Waals surface area contributed by atoms with Gasteiger partial charge in [0.1, 0.15) is 12.2 Å². The van der Waals surface area contributed by atoms with Crippen molar-refractivity contribution < 1.29 is 19.1 Å². The smallest absolute Gasteiger partial charge is 0.292 e. The van der Waals surface area contributed by atoms with E-state index >= 15 is 0 Å². The Kier molecular flexibility index (Phi) is 4.03. The lowest BCUT2D eigenvalue weighted by atomic mass is 10.3. The van der Waals surface area contributed by atoms with E-state index in [2.05, 4.69) is 10.4 Å². The second kappa shape index (κ2) is 6.37. The highest BCUT2D eigenvalue weighted by atomic mass is 32.2. The molecule has 2 aliphatic heterocycles. The van der Waals surface area contributed by atoms with Crippen molar-refractivity contribution in [1.82, 2.24) is 9.78 Å². The van der Waals surface area contributed by atoms with E-state index < -0.39 is 11.5 Å². The zero-order valence-corrected chi connectivity index (χ0v) is 14.5. The third-order valence-corrected chi connectivity index (χ3v) is 5.00. The SMILES string of the molecule is CN1C(=O)CSc2cnn(CC(=O)Nc3ccc4c(c3)OCO4)c(=O)c21. The highest BCUT2D eigenvalue weighted by Gasteiger charge is 2.26. The van der Waals surface area contributed by atoms with Crippen LogP contribution in [0.5, 0.6) is 11.5 Å². The quantitative estimate of drug-likeness (QED) is 0.843. The Bertz CT molecular complexity index is 974. The number of rotatable bonds is 3. The van der Waals surface area contributed by atoms with Gasteiger partial charge >= 0.3 is 0 Å². The fourth-order valence-electron chi connectivity index (χ4n) is 2.66. The molecule has 2 aromatic rings. The minimum absolute atomic E-state index is 0.144. The second-order valence-electron chi connectivity index (χ2n) is 5.68. The lowest BCUT2D eigenvalue weighted by molar-refractivity contribution is -0.117. The molecule has 0 radical (unpaired) electrons. The Morgan fingerprint density at radius 3 is 2.96 bits per heavy atom. The summed E-state index contributed by atoms with van der Waals surface area (Å²) in [6.07, 6.45) is 1.50. The zero-order valence-electron chi connectivity index (χ0n) is 13.7. The number of carbonyl (C=O) groups is 2. The predicted octanol–water partition coefficient (Wildman–Crippen LogP) is 0.679. The molecule has 0 bridgehead atoms. The molecule has 1 N–H and O–H groups in total. The number of fused-ring (bicyclic) bond motifs is 2. The molecule has 0 saturated carbocycles. The summed E-state index contributed by atoms with van der Waals surface area (Å²) in [5.74, 6) is 0.835. The van der Waals surface area contributed by atoms with Crippen LogP contribution in [0.25, 0.3) is 0 Å². The molecule has 3 heterocycles. The Morgan fingerprint density at radius 2 is 2.12 bits per heavy atom. The van der Waals surface area contributed by atoms with Gasteiger partial charge in [-0.15, -0.1) is 11.8 Å². The van der Waals surface area contributed by atoms with Gasteiger partial charge in [0.15, 0.2) is 11.5 Å². The molecule has 4 rings (SSSR count). The molecule has 26 heavy (non-hydrogen) atoms. The maximum Gasteiger partial charge on any atom is 0.292 e. The highest BCUT2D eigenvalue weighted by molar-refractivity contribution is 8.00. The highest BCUT2D eigenvalue weighted by Crippen LogP contribution is 2.34. The van der Waals surface area contributed by atoms with Crippen molar-refractivity contribution in [1.29, 1.82) is 0 Å². The second-order valence-corrected chi connectivity index (χ2v) is 6.70. The molecular formula is C16H14N4O5S. The first-order valence-corrected chi connectivity index (χ1v) is 8.70. The Labute approximate surface area is 151 Å². The summed E-state index contributed by atoms with van der Waals surface area (Å²) in [6.45, 7) is -0.126. The van der Waals surface area contributed by atoms with E-state index in [1.165, 1.54) is 22.9 Å². The largest absolute Gasteiger partial charge is 0.454 e. The summed E-state index contributed by atoms with van der Waals surface area (Å²) in [5.41, 5.74) is 0.289. The van der Waals surface area contributed by atoms with E-state index in [4.69, 9.17) is 9.47 Å². The van der Waals surface area contributed by atoms with Gasteiger partial charge in [-0.25, -0.2) is 4.68 Å². The number of ether oxygens (including phenoxy) is 2. The minimum atomic E-state index is -0.480. The van der Waals surface area contributed by atoms with Crippen LogP contribution in [-0.4, -0.2) is 41.2 Å². The van der Waals surface area contributed by atoms with Crippen molar-refractivity contribution >= 4 is 35.0 Å². The predicted molar refractivity (Wildman–Crippen MR) is 93.8 cm³/mol. The van der Waals surface area contributed by atoms with Crippen LogP contribution in [0.3, 0.4) is 0 Å². The topological polar surface area (TPSA) is 103 Å². The molecule has 9 nitrogen and oxygen atoms in total. The molecule has 2 aliphatic rings. The van der Waals surface area contributed by atoms with Crippen molar-refractivity contribution in [2.45, 2.75) is 11.4 Å². The molecule has 0 spiro atoms. The first kappa shape index (κ1) is 16.5. The zero-order chi connectivity index (χ0) is 18.3. The molecular weight excluding hydrogens is 360 g/mol. The number of aromatic nitrogens is 2. The van der Waals surface area contributed by atoms with Gasteiger partial charge in [-0.2, -0.15) is 5.10 Å². The number of thioether (sulfide) groups is 1. The lowest BCUT2D eigenvalue weighted by Gasteiger charge is -2.24. The summed E-state index contributed by atoms with van der Waals surface area (Å²) < 4.78 is 11.5. The molecule has 0 aliphatic carbocycles. The average Bonchev–Trinajstić information content (AvgIpc) is 3.08. The molecule has 1 aromatic carbocycles. The van der Waals surface area contributed by atoms with Crippen LogP contribution in [0, 0.1) is 0 Å². The van der Waals surface area contributed by atoms with Gasteiger partial charge in [-0.05, 0) is 12.1 Å². The maximum atomic E-state index is 12.6. The van der Waals surface area contributed by atoms with Crippen LogP contribution < -0.4 is 25.2 Å². The number of nitrogens with zero attached hydrogens (tertiary/aromatic N) is 3. The van der Waals surface area contributed by atoms with Crippen molar-refractivity contribution in [3.63, 3.8) is 0 Å². The van der Waals surface area contributed by atoms with Crippen molar-refractivity contribution in [2.24, 2.45) is 0 Å². The van der Waals surface area contributed by atoms with Gasteiger partial charge in [0.05, 0.1) is 16.8 Å². The Balaban J connectivity index is 1.53. The summed E-state index contributed by atoms with van der Waals surface area (Å²) in [4.78, 5) is 38.6. The molecule has 1 aromatic heterocycles. The van der Waals surface area contributed by atoms with Crippen molar-refractivity contribution in [3.8, 4) is 11.5 Å². The van der Waals surface area contributed by atoms with Gasteiger partial charge in [0.25, 0.3) is 5.56 Å². The fraction of sp³-hybridized carbons (Fsp3) is 0.250. The van der Waals surface area contributed by atoms with Crippen LogP contribution in [0.4, 0.5) is 11.4 Å². The van der Waals surface area contributed by atoms with E-state index in [1.54, 1.807) is 25.2 Å². The van der Waals surface area contributed by atoms with Gasteiger partial charge in [0.2, 0.25) is 18.6 Å². The van der Waals surface area contributed by atoms with E-state index in [0.29, 0.717) is 22.1 Å². The fourth-order valence-corrected chi connectivity index (χ4v) is 3.62. The number of nitrogens with one attached hydrogen (secondary N) is 1. The monoisotopic (exact) mass is 374 g/mol. The number of hydrogen-bond acceptors (Lipinski definition) is 7. The summed E-state index contributed by atoms with van der Waals surface area (Å²) >= 11 is 1.26. The van der Waals surface area contributed by atoms with Crippen LogP contribution in [0.15, 0.2) is 34.1 Å². The molecule has 10 heteroatoms. The molecule has 134 valence electrons. The first-order chi connectivity index (χ1) is 12.5. The number of carbonyl (C=O) groups excluding carboxylic acids is 2. The van der Waals surface area contributed by atoms with Crippen LogP contribution in [-0.2, 0) is 16.1 Å². The number of anilines is 2. The summed E-state index contributed by atoms with van der Waals surface area (Å²) in [7, 11) is 1.54. The van der Waals surface area contributed by atoms with Gasteiger partial charge in [0, 0.05) is 18.8 Å². The molecule has 0 fully saturated rings. The van der Waals surface area contributed by atoms with Gasteiger partial charge < -0.3 is 19.7 Å². The number of benzene rings is 1. The number of hydrogen-bond donors (Lipinski definition) is 1. The third kappa shape index (κ3) is 2.88. The van der Waals surface area contributed by atoms with Crippen molar-refractivity contribution in [2.75, 3.05) is 29.8 Å². The Hall–Kier alpha value is -3.01. The Morgan fingerprint density at radius 1 is 1.31 bits per heavy atom. The summed E-state index contributed by atoms with van der Waals surface area (Å²) in [6, 6.07) is 5.02. The first-order valence-electron chi connectivity index (χ1n) is 7.72. The molecule has 0 unspecified atom stereocenters. The lowest BCUT2D eigenvalue weighted by Crippen LogP contribution is -2.40. The normalized spacial score (nSPS) is 15.0. The standard InChI is InChI=1S/C16H14N4O5S/c1-19-14(22)7-26-12-5-17-20(16(23)15(12)19)6-13(21)18-9-2-3-10-11(4-9)25-8-24-10/h2-5H,6-8H2,1H3,(H,18,21). The molecule has 0 atom stereocenters. The molecule has 0 saturated heterocycles. The number of amides is 2. The van der Waals surface area contributed by atoms with E-state index in [1.807, 2.05) is 0 Å². The van der Waals surface area contributed by atoms with E-state index in [0.717, 1.165) is 4.68 Å². The van der Waals surface area contributed by atoms with E-state index in [9.17, 15) is 14.4 Å². The van der Waals surface area contributed by atoms with Gasteiger partial charge in [-0.3, -0.25) is 14.4 Å². The van der Waals surface area contributed by atoms with E-state index in [-0.39, 0.29) is 30.7 Å². The summed E-state index contributed by atoms with van der Waals surface area (Å²) in [5, 5.41) is 6.72. The van der Waals surface area contributed by atoms with Crippen molar-refractivity contribution in [3.05, 3.63) is 34.7 Å².